The molecule has 0 spiro atoms. The smallest absolute Gasteiger partial charge is 0.338 e. The van der Waals surface area contributed by atoms with Gasteiger partial charge in [0, 0.05) is 0 Å². The molecule has 3 heteroatoms. The van der Waals surface area contributed by atoms with E-state index in [1.165, 1.54) is 66.8 Å². The molecule has 0 aliphatic rings. The van der Waals surface area contributed by atoms with Crippen molar-refractivity contribution in [2.45, 2.75) is 104 Å². The van der Waals surface area contributed by atoms with Gasteiger partial charge in [0.1, 0.15) is 5.75 Å². The monoisotopic (exact) mass is 502 g/mol. The summed E-state index contributed by atoms with van der Waals surface area (Å²) < 4.78 is 11.6. The first-order valence-electron chi connectivity index (χ1n) is 14.5. The number of hydrogen-bond acceptors (Lipinski definition) is 3. The maximum absolute atomic E-state index is 12.5. The molecule has 1 atom stereocenters. The van der Waals surface area contributed by atoms with Crippen LogP contribution in [0.2, 0.25) is 0 Å². The second kappa shape index (κ2) is 16.1. The molecule has 0 saturated heterocycles. The summed E-state index contributed by atoms with van der Waals surface area (Å²) >= 11 is 0. The molecule has 0 aliphatic carbocycles. The number of carbonyl (C=O) groups excluding carboxylic acids is 1. The van der Waals surface area contributed by atoms with E-state index in [2.05, 4.69) is 62.4 Å². The summed E-state index contributed by atoms with van der Waals surface area (Å²) in [6.07, 6.45) is 13.8. The standard InChI is InChI=1S/C34H46O3/c1-4-6-8-10-12-24-36-33-23-22-31-25-29(18-21-32(31)26-33)15-14-28-16-19-30(20-17-28)34(35)37-27(3)13-11-9-7-5-2/h16-23,25-27H,4-15,24H2,1-3H3/t27-/m1/s1. The molecule has 0 N–H and O–H groups in total. The Kier molecular flexibility index (Phi) is 12.5. The first-order chi connectivity index (χ1) is 18.1. The minimum Gasteiger partial charge on any atom is -0.494 e. The van der Waals surface area contributed by atoms with E-state index < -0.39 is 0 Å². The molecule has 0 heterocycles. The van der Waals surface area contributed by atoms with E-state index in [0.29, 0.717) is 5.56 Å². The molecule has 0 radical (unpaired) electrons. The minimum absolute atomic E-state index is 0.0323. The quantitative estimate of drug-likeness (QED) is 0.136. The van der Waals surface area contributed by atoms with Crippen LogP contribution in [0.5, 0.6) is 5.75 Å². The molecule has 0 saturated carbocycles. The van der Waals surface area contributed by atoms with Gasteiger partial charge in [-0.2, -0.15) is 0 Å². The van der Waals surface area contributed by atoms with Crippen molar-refractivity contribution in [3.8, 4) is 5.75 Å². The van der Waals surface area contributed by atoms with Gasteiger partial charge in [-0.15, -0.1) is 0 Å². The van der Waals surface area contributed by atoms with E-state index in [9.17, 15) is 4.79 Å². The molecular formula is C34H46O3. The van der Waals surface area contributed by atoms with Crippen molar-refractivity contribution in [3.05, 3.63) is 77.4 Å². The average Bonchev–Trinajstić information content (AvgIpc) is 2.92. The van der Waals surface area contributed by atoms with Gasteiger partial charge in [0.05, 0.1) is 18.3 Å². The number of esters is 1. The maximum atomic E-state index is 12.5. The van der Waals surface area contributed by atoms with E-state index in [-0.39, 0.29) is 12.1 Å². The minimum atomic E-state index is -0.219. The number of carbonyl (C=O) groups is 1. The van der Waals surface area contributed by atoms with Crippen LogP contribution >= 0.6 is 0 Å². The van der Waals surface area contributed by atoms with Crippen molar-refractivity contribution in [1.29, 1.82) is 0 Å². The van der Waals surface area contributed by atoms with Crippen LogP contribution in [0.25, 0.3) is 10.8 Å². The van der Waals surface area contributed by atoms with E-state index in [1.807, 2.05) is 19.1 Å². The summed E-state index contributed by atoms with van der Waals surface area (Å²) in [5, 5.41) is 2.46. The summed E-state index contributed by atoms with van der Waals surface area (Å²) in [6, 6.07) is 21.0. The molecule has 3 nitrogen and oxygen atoms in total. The SMILES string of the molecule is CCCCCCCOc1ccc2cc(CCc3ccc(C(=O)O[C@H](C)CCCCCC)cc3)ccc2c1. The Labute approximate surface area is 224 Å². The number of rotatable bonds is 17. The lowest BCUT2D eigenvalue weighted by atomic mass is 10.0. The highest BCUT2D eigenvalue weighted by atomic mass is 16.5. The average molecular weight is 503 g/mol. The van der Waals surface area contributed by atoms with Gasteiger partial charge in [0.25, 0.3) is 0 Å². The van der Waals surface area contributed by atoms with Crippen molar-refractivity contribution < 1.29 is 14.3 Å². The first-order valence-corrected chi connectivity index (χ1v) is 14.5. The molecule has 200 valence electrons. The first kappa shape index (κ1) is 28.8. The summed E-state index contributed by atoms with van der Waals surface area (Å²) in [7, 11) is 0. The summed E-state index contributed by atoms with van der Waals surface area (Å²) in [6.45, 7) is 7.23. The van der Waals surface area contributed by atoms with Crippen LogP contribution in [-0.4, -0.2) is 18.7 Å². The maximum Gasteiger partial charge on any atom is 0.338 e. The van der Waals surface area contributed by atoms with Gasteiger partial charge in [0.15, 0.2) is 0 Å². The molecule has 0 fully saturated rings. The third-order valence-corrected chi connectivity index (χ3v) is 7.06. The summed E-state index contributed by atoms with van der Waals surface area (Å²) in [5.41, 5.74) is 3.18. The normalized spacial score (nSPS) is 12.0. The van der Waals surface area contributed by atoms with Crippen LogP contribution in [0, 0.1) is 0 Å². The summed E-state index contributed by atoms with van der Waals surface area (Å²) in [5.74, 6) is 0.740. The van der Waals surface area contributed by atoms with Crippen molar-refractivity contribution in [1.82, 2.24) is 0 Å². The molecule has 3 rings (SSSR count). The van der Waals surface area contributed by atoms with E-state index >= 15 is 0 Å². The lowest BCUT2D eigenvalue weighted by molar-refractivity contribution is 0.0319. The highest BCUT2D eigenvalue weighted by Gasteiger charge is 2.12. The second-order valence-corrected chi connectivity index (χ2v) is 10.4. The Hall–Kier alpha value is -2.81. The Morgan fingerprint density at radius 1 is 0.703 bits per heavy atom. The number of unbranched alkanes of at least 4 members (excludes halogenated alkanes) is 7. The predicted molar refractivity (Wildman–Crippen MR) is 156 cm³/mol. The van der Waals surface area contributed by atoms with Crippen LogP contribution in [0.3, 0.4) is 0 Å². The largest absolute Gasteiger partial charge is 0.494 e. The number of hydrogen-bond donors (Lipinski definition) is 0. The molecular weight excluding hydrogens is 456 g/mol. The van der Waals surface area contributed by atoms with Gasteiger partial charge in [0.2, 0.25) is 0 Å². The number of fused-ring (bicyclic) bond motifs is 1. The molecule has 0 aromatic heterocycles. The fourth-order valence-corrected chi connectivity index (χ4v) is 4.68. The topological polar surface area (TPSA) is 35.5 Å². The van der Waals surface area contributed by atoms with Gasteiger partial charge < -0.3 is 9.47 Å². The van der Waals surface area contributed by atoms with Gasteiger partial charge in [-0.3, -0.25) is 0 Å². The van der Waals surface area contributed by atoms with Crippen LogP contribution in [-0.2, 0) is 17.6 Å². The van der Waals surface area contributed by atoms with Gasteiger partial charge in [-0.1, -0.05) is 95.2 Å². The lowest BCUT2D eigenvalue weighted by Crippen LogP contribution is -2.15. The highest BCUT2D eigenvalue weighted by molar-refractivity contribution is 5.89. The molecule has 3 aromatic carbocycles. The number of ether oxygens (including phenoxy) is 2. The van der Waals surface area contributed by atoms with Crippen molar-refractivity contribution >= 4 is 16.7 Å². The van der Waals surface area contributed by atoms with Gasteiger partial charge >= 0.3 is 5.97 Å². The van der Waals surface area contributed by atoms with Gasteiger partial charge in [-0.05, 0) is 85.2 Å². The molecule has 0 amide bonds. The molecule has 37 heavy (non-hydrogen) atoms. The Morgan fingerprint density at radius 3 is 2.08 bits per heavy atom. The highest BCUT2D eigenvalue weighted by Crippen LogP contribution is 2.23. The van der Waals surface area contributed by atoms with Crippen molar-refractivity contribution in [2.75, 3.05) is 6.61 Å². The van der Waals surface area contributed by atoms with Crippen LogP contribution in [0.15, 0.2) is 60.7 Å². The van der Waals surface area contributed by atoms with Crippen LogP contribution in [0.1, 0.15) is 106 Å². The predicted octanol–water partition coefficient (Wildman–Crippen LogP) is 9.49. The van der Waals surface area contributed by atoms with E-state index in [0.717, 1.165) is 44.5 Å². The van der Waals surface area contributed by atoms with E-state index in [4.69, 9.17) is 9.47 Å². The zero-order valence-electron chi connectivity index (χ0n) is 23.3. The zero-order chi connectivity index (χ0) is 26.3. The fourth-order valence-electron chi connectivity index (χ4n) is 4.68. The van der Waals surface area contributed by atoms with Crippen LogP contribution < -0.4 is 4.74 Å². The molecule has 0 unspecified atom stereocenters. The molecule has 0 bridgehead atoms. The summed E-state index contributed by atoms with van der Waals surface area (Å²) in [4.78, 5) is 12.5. The second-order valence-electron chi connectivity index (χ2n) is 10.4. The Balaban J connectivity index is 1.45. The zero-order valence-corrected chi connectivity index (χ0v) is 23.3. The Bertz CT molecular complexity index is 1070. The van der Waals surface area contributed by atoms with E-state index in [1.54, 1.807) is 0 Å². The van der Waals surface area contributed by atoms with Gasteiger partial charge in [-0.25, -0.2) is 4.79 Å². The van der Waals surface area contributed by atoms with Crippen molar-refractivity contribution in [3.63, 3.8) is 0 Å². The third kappa shape index (κ3) is 10.2. The number of aryl methyl sites for hydroxylation is 2. The van der Waals surface area contributed by atoms with Crippen molar-refractivity contribution in [2.24, 2.45) is 0 Å². The third-order valence-electron chi connectivity index (χ3n) is 7.06. The fraction of sp³-hybridized carbons (Fsp3) is 0.500. The number of benzene rings is 3. The Morgan fingerprint density at radius 2 is 1.32 bits per heavy atom. The molecule has 0 aliphatic heterocycles. The molecule has 3 aromatic rings. The lowest BCUT2D eigenvalue weighted by Gasteiger charge is -2.13. The van der Waals surface area contributed by atoms with Crippen LogP contribution in [0.4, 0.5) is 0 Å².